The van der Waals surface area contributed by atoms with Gasteiger partial charge < -0.3 is 13.9 Å². The smallest absolute Gasteiger partial charge is 0.356 e. The van der Waals surface area contributed by atoms with Crippen molar-refractivity contribution in [2.24, 2.45) is 5.92 Å². The van der Waals surface area contributed by atoms with E-state index in [0.29, 0.717) is 13.0 Å². The van der Waals surface area contributed by atoms with E-state index in [-0.39, 0.29) is 52.7 Å². The van der Waals surface area contributed by atoms with Gasteiger partial charge in [-0.1, -0.05) is 33.4 Å². The number of hydrogen-bond acceptors (Lipinski definition) is 8. The zero-order valence-electron chi connectivity index (χ0n) is 21.4. The molecule has 0 aromatic rings. The molecule has 2 saturated heterocycles. The van der Waals surface area contributed by atoms with Crippen LogP contribution in [0.15, 0.2) is 23.3 Å². The molecule has 0 aromatic heterocycles. The SMILES string of the molecule is C=CCOC(=O)C1=C(CN2CCC[C@H]2C(=O)OC)S[C@@H]2[C@@H]([C@@H](C)O[Si](C)(C)C(C)(C)C)C(=O)N12. The van der Waals surface area contributed by atoms with Crippen LogP contribution < -0.4 is 0 Å². The fourth-order valence-corrected chi connectivity index (χ4v) is 7.52. The van der Waals surface area contributed by atoms with Crippen LogP contribution in [0.4, 0.5) is 0 Å². The summed E-state index contributed by atoms with van der Waals surface area (Å²) >= 11 is 1.51. The van der Waals surface area contributed by atoms with Gasteiger partial charge in [-0.2, -0.15) is 0 Å². The molecule has 3 aliphatic heterocycles. The Bertz CT molecular complexity index is 883. The molecule has 4 atom stereocenters. The summed E-state index contributed by atoms with van der Waals surface area (Å²) in [6.07, 6.45) is 2.83. The van der Waals surface area contributed by atoms with Gasteiger partial charge in [0, 0.05) is 11.4 Å². The van der Waals surface area contributed by atoms with Crippen LogP contribution in [0.3, 0.4) is 0 Å². The van der Waals surface area contributed by atoms with E-state index in [9.17, 15) is 14.4 Å². The van der Waals surface area contributed by atoms with Gasteiger partial charge in [-0.3, -0.25) is 19.4 Å². The number of esters is 2. The standard InChI is InChI=1S/C24H38N2O6SSi/c1-9-13-31-23(29)19-17(14-25-12-10-11-16(25)22(28)30-6)33-21-18(20(27)26(19)21)15(2)32-34(7,8)24(3,4)5/h9,15-16,18,21H,1,10-14H2,2-8H3/t15-,16+,18+,21-/m1/s1. The van der Waals surface area contributed by atoms with Crippen molar-refractivity contribution in [3.63, 3.8) is 0 Å². The number of carbonyl (C=O) groups excluding carboxylic acids is 3. The number of amides is 1. The van der Waals surface area contributed by atoms with Crippen molar-refractivity contribution in [1.29, 1.82) is 0 Å². The maximum absolute atomic E-state index is 13.3. The average Bonchev–Trinajstić information content (AvgIpc) is 3.33. The Balaban J connectivity index is 1.82. The van der Waals surface area contributed by atoms with Crippen molar-refractivity contribution in [3.05, 3.63) is 23.3 Å². The van der Waals surface area contributed by atoms with Crippen LogP contribution in [-0.4, -0.2) is 80.3 Å². The fourth-order valence-electron chi connectivity index (χ4n) is 4.46. The van der Waals surface area contributed by atoms with Crippen molar-refractivity contribution < 1.29 is 28.3 Å². The van der Waals surface area contributed by atoms with Gasteiger partial charge >= 0.3 is 11.9 Å². The molecule has 0 saturated carbocycles. The summed E-state index contributed by atoms with van der Waals surface area (Å²) in [5.74, 6) is -1.27. The molecule has 3 rings (SSSR count). The van der Waals surface area contributed by atoms with Crippen LogP contribution in [0.5, 0.6) is 0 Å². The lowest BCUT2D eigenvalue weighted by molar-refractivity contribution is -0.157. The van der Waals surface area contributed by atoms with Crippen LogP contribution in [0, 0.1) is 5.92 Å². The van der Waals surface area contributed by atoms with Gasteiger partial charge in [-0.25, -0.2) is 4.79 Å². The average molecular weight is 511 g/mol. The number of ether oxygens (including phenoxy) is 2. The summed E-state index contributed by atoms with van der Waals surface area (Å²) in [5, 5.41) is -0.189. The van der Waals surface area contributed by atoms with Crippen LogP contribution in [0.2, 0.25) is 18.1 Å². The van der Waals surface area contributed by atoms with E-state index in [1.54, 1.807) is 4.90 Å². The predicted octanol–water partition coefficient (Wildman–Crippen LogP) is 3.51. The first kappa shape index (κ1) is 27.0. The second-order valence-electron chi connectivity index (χ2n) is 10.6. The number of rotatable bonds is 9. The molecule has 1 amide bonds. The summed E-state index contributed by atoms with van der Waals surface area (Å²) in [7, 11) is -0.683. The molecule has 0 N–H and O–H groups in total. The van der Waals surface area contributed by atoms with Crippen LogP contribution in [0.1, 0.15) is 40.5 Å². The van der Waals surface area contributed by atoms with Crippen LogP contribution in [-0.2, 0) is 28.3 Å². The second-order valence-corrected chi connectivity index (χ2v) is 16.6. The van der Waals surface area contributed by atoms with Crippen molar-refractivity contribution in [3.8, 4) is 0 Å². The van der Waals surface area contributed by atoms with Crippen molar-refractivity contribution in [2.75, 3.05) is 26.8 Å². The highest BCUT2D eigenvalue weighted by atomic mass is 32.2. The zero-order valence-corrected chi connectivity index (χ0v) is 23.2. The minimum atomic E-state index is -2.07. The Morgan fingerprint density at radius 3 is 2.59 bits per heavy atom. The molecular weight excluding hydrogens is 472 g/mol. The first-order valence-electron chi connectivity index (χ1n) is 11.8. The minimum Gasteiger partial charge on any atom is -0.468 e. The molecule has 10 heteroatoms. The van der Waals surface area contributed by atoms with Crippen molar-refractivity contribution in [2.45, 2.75) is 76.2 Å². The normalized spacial score (nSPS) is 26.3. The van der Waals surface area contributed by atoms with E-state index < -0.39 is 14.3 Å². The molecular formula is C24H38N2O6SSi. The topological polar surface area (TPSA) is 85.4 Å². The number of fused-ring (bicyclic) bond motifs is 1. The maximum Gasteiger partial charge on any atom is 0.356 e. The summed E-state index contributed by atoms with van der Waals surface area (Å²) < 4.78 is 16.8. The fraction of sp³-hybridized carbons (Fsp3) is 0.708. The van der Waals surface area contributed by atoms with Crippen LogP contribution >= 0.6 is 11.8 Å². The number of β-lactam (4-membered cyclic amide) rings is 1. The van der Waals surface area contributed by atoms with E-state index in [4.69, 9.17) is 13.9 Å². The largest absolute Gasteiger partial charge is 0.468 e. The number of nitrogens with zero attached hydrogens (tertiary/aromatic N) is 2. The van der Waals surface area contributed by atoms with Gasteiger partial charge in [0.25, 0.3) is 0 Å². The molecule has 2 fully saturated rings. The van der Waals surface area contributed by atoms with E-state index >= 15 is 0 Å². The third-order valence-corrected chi connectivity index (χ3v) is 13.3. The van der Waals surface area contributed by atoms with Crippen molar-refractivity contribution in [1.82, 2.24) is 9.80 Å². The third kappa shape index (κ3) is 5.00. The highest BCUT2D eigenvalue weighted by Crippen LogP contribution is 2.52. The lowest BCUT2D eigenvalue weighted by Gasteiger charge is -2.48. The Morgan fingerprint density at radius 2 is 2.00 bits per heavy atom. The van der Waals surface area contributed by atoms with Gasteiger partial charge in [0.2, 0.25) is 5.91 Å². The van der Waals surface area contributed by atoms with E-state index in [1.165, 1.54) is 24.9 Å². The Hall–Kier alpha value is -1.62. The van der Waals surface area contributed by atoms with Gasteiger partial charge in [-0.15, -0.1) is 11.8 Å². The van der Waals surface area contributed by atoms with Gasteiger partial charge in [0.1, 0.15) is 23.7 Å². The first-order chi connectivity index (χ1) is 15.8. The number of thioether (sulfide) groups is 1. The molecule has 0 unspecified atom stereocenters. The molecule has 8 nitrogen and oxygen atoms in total. The first-order valence-corrected chi connectivity index (χ1v) is 15.6. The van der Waals surface area contributed by atoms with Crippen molar-refractivity contribution >= 4 is 37.9 Å². The molecule has 0 bridgehead atoms. The molecule has 0 spiro atoms. The quantitative estimate of drug-likeness (QED) is 0.202. The van der Waals surface area contributed by atoms with Gasteiger partial charge in [0.15, 0.2) is 8.32 Å². The Labute approximate surface area is 208 Å². The maximum atomic E-state index is 13.3. The summed E-state index contributed by atoms with van der Waals surface area (Å²) in [4.78, 5) is 42.8. The zero-order chi connectivity index (χ0) is 25.4. The molecule has 0 aromatic carbocycles. The number of likely N-dealkylation sites (tertiary alicyclic amines) is 1. The Kier molecular flexibility index (Phi) is 8.06. The molecule has 0 radical (unpaired) electrons. The molecule has 3 heterocycles. The molecule has 34 heavy (non-hydrogen) atoms. The number of methoxy groups -OCH3 is 1. The van der Waals surface area contributed by atoms with E-state index in [0.717, 1.165) is 17.9 Å². The lowest BCUT2D eigenvalue weighted by Crippen LogP contribution is -2.62. The number of hydrogen-bond donors (Lipinski definition) is 0. The summed E-state index contributed by atoms with van der Waals surface area (Å²) in [6.45, 7) is 17.6. The predicted molar refractivity (Wildman–Crippen MR) is 134 cm³/mol. The third-order valence-electron chi connectivity index (χ3n) is 7.35. The second kappa shape index (κ2) is 10.2. The van der Waals surface area contributed by atoms with E-state index in [2.05, 4.69) is 40.4 Å². The summed E-state index contributed by atoms with van der Waals surface area (Å²) in [5.41, 5.74) is 0.285. The molecule has 3 aliphatic rings. The minimum absolute atomic E-state index is 0.0261. The highest BCUT2D eigenvalue weighted by molar-refractivity contribution is 8.04. The summed E-state index contributed by atoms with van der Waals surface area (Å²) in [6, 6.07) is -0.343. The number of carbonyl (C=O) groups is 3. The van der Waals surface area contributed by atoms with Gasteiger partial charge in [-0.05, 0) is 44.4 Å². The molecule has 190 valence electrons. The monoisotopic (exact) mass is 510 g/mol. The van der Waals surface area contributed by atoms with Gasteiger partial charge in [0.05, 0.1) is 19.1 Å². The van der Waals surface area contributed by atoms with Crippen LogP contribution in [0.25, 0.3) is 0 Å². The Morgan fingerprint density at radius 1 is 1.32 bits per heavy atom. The molecule has 0 aliphatic carbocycles. The lowest BCUT2D eigenvalue weighted by atomic mass is 9.92. The van der Waals surface area contributed by atoms with E-state index in [1.807, 2.05) is 11.8 Å². The highest BCUT2D eigenvalue weighted by Gasteiger charge is 2.59.